The standard InChI is InChI=1S/C33H45NO7/c1-8-9-10-11-24(4)34(25-12-14-26(15-13-25)39-21-18-23(2)3)20-19-33(5)40-31(35)30(32(36)41-33)28-17-16-27(37-6)22-29(28)38-7/h12-17,19-20,22-24,30H,8-11,18,21H2,1-7H3. The van der Waals surface area contributed by atoms with Crippen molar-refractivity contribution in [1.82, 2.24) is 0 Å². The molecular weight excluding hydrogens is 522 g/mol. The van der Waals surface area contributed by atoms with Gasteiger partial charge < -0.3 is 28.6 Å². The van der Waals surface area contributed by atoms with Crippen LogP contribution in [0, 0.1) is 5.92 Å². The van der Waals surface area contributed by atoms with E-state index in [-0.39, 0.29) is 6.04 Å². The van der Waals surface area contributed by atoms with Gasteiger partial charge in [0, 0.05) is 42.6 Å². The summed E-state index contributed by atoms with van der Waals surface area (Å²) >= 11 is 0. The second-order valence-corrected chi connectivity index (χ2v) is 11.0. The average molecular weight is 568 g/mol. The summed E-state index contributed by atoms with van der Waals surface area (Å²) in [7, 11) is 2.99. The van der Waals surface area contributed by atoms with Crippen LogP contribution in [0.15, 0.2) is 54.7 Å². The van der Waals surface area contributed by atoms with E-state index in [9.17, 15) is 9.59 Å². The number of carbonyl (C=O) groups is 2. The number of esters is 2. The second kappa shape index (κ2) is 14.8. The molecule has 0 aromatic heterocycles. The lowest BCUT2D eigenvalue weighted by Crippen LogP contribution is -2.46. The van der Waals surface area contributed by atoms with Gasteiger partial charge in [0.25, 0.3) is 5.79 Å². The Morgan fingerprint density at radius 3 is 2.17 bits per heavy atom. The number of ether oxygens (including phenoxy) is 5. The molecule has 41 heavy (non-hydrogen) atoms. The molecule has 2 aromatic rings. The third kappa shape index (κ3) is 8.65. The molecule has 0 N–H and O–H groups in total. The molecular formula is C33H45NO7. The van der Waals surface area contributed by atoms with Crippen LogP contribution < -0.4 is 19.1 Å². The summed E-state index contributed by atoms with van der Waals surface area (Å²) < 4.78 is 27.9. The van der Waals surface area contributed by atoms with Gasteiger partial charge in [-0.3, -0.25) is 9.59 Å². The van der Waals surface area contributed by atoms with Crippen molar-refractivity contribution in [3.05, 3.63) is 60.3 Å². The fraction of sp³-hybridized carbons (Fsp3) is 0.515. The molecule has 1 saturated heterocycles. The number of unbranched alkanes of at least 4 members (excludes halogenated alkanes) is 2. The highest BCUT2D eigenvalue weighted by Gasteiger charge is 2.46. The van der Waals surface area contributed by atoms with Crippen LogP contribution in [0.1, 0.15) is 78.2 Å². The monoisotopic (exact) mass is 567 g/mol. The molecule has 1 heterocycles. The minimum atomic E-state index is -1.56. The number of rotatable bonds is 15. The molecule has 0 aliphatic carbocycles. The number of hydrogen-bond acceptors (Lipinski definition) is 8. The molecule has 1 aliphatic heterocycles. The van der Waals surface area contributed by atoms with Crippen LogP contribution >= 0.6 is 0 Å². The predicted molar refractivity (Wildman–Crippen MR) is 159 cm³/mol. The SMILES string of the molecule is CCCCCC(C)N(C=CC1(C)OC(=O)C(c2ccc(OC)cc2OC)C(=O)O1)c1ccc(OCCC(C)C)cc1. The van der Waals surface area contributed by atoms with Crippen LogP contribution in [-0.2, 0) is 19.1 Å². The Kier molecular flexibility index (Phi) is 11.5. The topological polar surface area (TPSA) is 83.5 Å². The van der Waals surface area contributed by atoms with Crippen molar-refractivity contribution >= 4 is 17.6 Å². The molecule has 1 atom stereocenters. The third-order valence-corrected chi connectivity index (χ3v) is 7.17. The molecule has 8 nitrogen and oxygen atoms in total. The Balaban J connectivity index is 1.80. The van der Waals surface area contributed by atoms with E-state index in [2.05, 4.69) is 32.6 Å². The van der Waals surface area contributed by atoms with Crippen LogP contribution in [0.25, 0.3) is 0 Å². The van der Waals surface area contributed by atoms with E-state index >= 15 is 0 Å². The van der Waals surface area contributed by atoms with E-state index in [4.69, 9.17) is 23.7 Å². The van der Waals surface area contributed by atoms with Crippen LogP contribution in [0.2, 0.25) is 0 Å². The first-order valence-electron chi connectivity index (χ1n) is 14.5. The van der Waals surface area contributed by atoms with E-state index < -0.39 is 23.6 Å². The van der Waals surface area contributed by atoms with Crippen molar-refractivity contribution in [2.45, 2.75) is 84.5 Å². The van der Waals surface area contributed by atoms with Crippen LogP contribution in [0.4, 0.5) is 5.69 Å². The van der Waals surface area contributed by atoms with Gasteiger partial charge >= 0.3 is 11.9 Å². The van der Waals surface area contributed by atoms with Crippen LogP contribution in [0.3, 0.4) is 0 Å². The molecule has 0 radical (unpaired) electrons. The fourth-order valence-electron chi connectivity index (χ4n) is 4.67. The Bertz CT molecular complexity index is 1160. The van der Waals surface area contributed by atoms with E-state index in [1.54, 1.807) is 31.2 Å². The van der Waals surface area contributed by atoms with Crippen molar-refractivity contribution in [3.63, 3.8) is 0 Å². The molecule has 1 unspecified atom stereocenters. The molecule has 2 aromatic carbocycles. The maximum atomic E-state index is 13.2. The molecule has 224 valence electrons. The summed E-state index contributed by atoms with van der Waals surface area (Å²) in [5, 5.41) is 0. The lowest BCUT2D eigenvalue weighted by Gasteiger charge is -2.35. The number of benzene rings is 2. The van der Waals surface area contributed by atoms with Crippen LogP contribution in [0.5, 0.6) is 17.2 Å². The molecule has 0 bridgehead atoms. The van der Waals surface area contributed by atoms with Crippen molar-refractivity contribution in [2.75, 3.05) is 25.7 Å². The second-order valence-electron chi connectivity index (χ2n) is 11.0. The summed E-state index contributed by atoms with van der Waals surface area (Å²) in [6, 6.07) is 13.0. The number of anilines is 1. The van der Waals surface area contributed by atoms with Gasteiger partial charge in [-0.1, -0.05) is 46.1 Å². The normalized spacial score (nSPS) is 19.6. The van der Waals surface area contributed by atoms with Crippen LogP contribution in [-0.4, -0.2) is 44.6 Å². The highest BCUT2D eigenvalue weighted by Crippen LogP contribution is 2.37. The lowest BCUT2D eigenvalue weighted by molar-refractivity contribution is -0.225. The van der Waals surface area contributed by atoms with Gasteiger partial charge in [-0.05, 0) is 56.0 Å². The van der Waals surface area contributed by atoms with E-state index in [1.165, 1.54) is 14.2 Å². The molecule has 0 saturated carbocycles. The first kappa shape index (κ1) is 31.8. The Morgan fingerprint density at radius 2 is 1.59 bits per heavy atom. The molecule has 0 amide bonds. The lowest BCUT2D eigenvalue weighted by atomic mass is 9.96. The zero-order valence-corrected chi connectivity index (χ0v) is 25.5. The molecule has 0 spiro atoms. The fourth-order valence-corrected chi connectivity index (χ4v) is 4.67. The first-order chi connectivity index (χ1) is 19.6. The van der Waals surface area contributed by atoms with Gasteiger partial charge in [0.15, 0.2) is 5.92 Å². The Labute approximate surface area is 244 Å². The van der Waals surface area contributed by atoms with Crippen molar-refractivity contribution < 1.29 is 33.3 Å². The van der Waals surface area contributed by atoms with E-state index in [1.807, 2.05) is 30.5 Å². The molecule has 8 heteroatoms. The van der Waals surface area contributed by atoms with Crippen molar-refractivity contribution in [3.8, 4) is 17.2 Å². The zero-order valence-electron chi connectivity index (χ0n) is 25.5. The number of carbonyl (C=O) groups excluding carboxylic acids is 2. The van der Waals surface area contributed by atoms with Gasteiger partial charge in [0.2, 0.25) is 0 Å². The molecule has 1 aliphatic rings. The average Bonchev–Trinajstić information content (AvgIpc) is 2.93. The minimum Gasteiger partial charge on any atom is -0.497 e. The molecule has 1 fully saturated rings. The summed E-state index contributed by atoms with van der Waals surface area (Å²) in [4.78, 5) is 28.4. The Hall–Kier alpha value is -3.68. The minimum absolute atomic E-state index is 0.153. The van der Waals surface area contributed by atoms with Gasteiger partial charge in [-0.25, -0.2) is 0 Å². The summed E-state index contributed by atoms with van der Waals surface area (Å²) in [5.41, 5.74) is 1.32. The summed E-state index contributed by atoms with van der Waals surface area (Å²) in [6.07, 6.45) is 8.79. The predicted octanol–water partition coefficient (Wildman–Crippen LogP) is 7.02. The maximum Gasteiger partial charge on any atom is 0.328 e. The first-order valence-corrected chi connectivity index (χ1v) is 14.5. The van der Waals surface area contributed by atoms with Crippen molar-refractivity contribution in [2.24, 2.45) is 5.92 Å². The largest absolute Gasteiger partial charge is 0.497 e. The highest BCUT2D eigenvalue weighted by molar-refractivity contribution is 6.03. The van der Waals surface area contributed by atoms with Gasteiger partial charge in [0.05, 0.1) is 20.8 Å². The number of cyclic esters (lactones) is 2. The maximum absolute atomic E-state index is 13.2. The molecule has 3 rings (SSSR count). The highest BCUT2D eigenvalue weighted by atomic mass is 16.7. The summed E-state index contributed by atoms with van der Waals surface area (Å²) in [5.74, 6) is -1.96. The zero-order chi connectivity index (χ0) is 30.0. The number of methoxy groups -OCH3 is 2. The van der Waals surface area contributed by atoms with Crippen molar-refractivity contribution in [1.29, 1.82) is 0 Å². The Morgan fingerprint density at radius 1 is 0.927 bits per heavy atom. The summed E-state index contributed by atoms with van der Waals surface area (Å²) in [6.45, 7) is 10.9. The third-order valence-electron chi connectivity index (χ3n) is 7.17. The van der Waals surface area contributed by atoms with E-state index in [0.717, 1.165) is 43.5 Å². The number of nitrogens with zero attached hydrogens (tertiary/aromatic N) is 1. The number of hydrogen-bond donors (Lipinski definition) is 0. The quantitative estimate of drug-likeness (QED) is 0.129. The van der Waals surface area contributed by atoms with Gasteiger partial charge in [0.1, 0.15) is 17.2 Å². The van der Waals surface area contributed by atoms with Gasteiger partial charge in [-0.2, -0.15) is 0 Å². The van der Waals surface area contributed by atoms with E-state index in [0.29, 0.717) is 29.6 Å². The smallest absolute Gasteiger partial charge is 0.328 e. The van der Waals surface area contributed by atoms with Gasteiger partial charge in [-0.15, -0.1) is 0 Å².